The summed E-state index contributed by atoms with van der Waals surface area (Å²) < 4.78 is 20.2. The number of benzene rings is 2. The minimum atomic E-state index is -1.99. The number of carbonyl (C=O) groups is 3. The third-order valence-electron chi connectivity index (χ3n) is 5.34. The third kappa shape index (κ3) is 5.48. The van der Waals surface area contributed by atoms with Gasteiger partial charge in [0.1, 0.15) is 11.2 Å². The van der Waals surface area contributed by atoms with Crippen molar-refractivity contribution < 1.29 is 33.7 Å². The Labute approximate surface area is 180 Å². The lowest BCUT2D eigenvalue weighted by molar-refractivity contribution is -0.158. The van der Waals surface area contributed by atoms with E-state index in [0.717, 1.165) is 0 Å². The molecule has 0 saturated heterocycles. The van der Waals surface area contributed by atoms with Gasteiger partial charge in [0.15, 0.2) is 0 Å². The van der Waals surface area contributed by atoms with Crippen LogP contribution in [-0.2, 0) is 24.5 Å². The number of rotatable bonds is 12. The SMILES string of the molecule is CCOC(=O)C(CCCCCC(=O)O)C(C(=O)O)(c1ccccc1)c1ccccc1F. The first-order valence-corrected chi connectivity index (χ1v) is 10.3. The van der Waals surface area contributed by atoms with Crippen molar-refractivity contribution in [2.24, 2.45) is 5.92 Å². The largest absolute Gasteiger partial charge is 0.481 e. The Morgan fingerprint density at radius 3 is 2.19 bits per heavy atom. The number of hydrogen-bond donors (Lipinski definition) is 2. The van der Waals surface area contributed by atoms with Crippen molar-refractivity contribution in [2.75, 3.05) is 6.61 Å². The van der Waals surface area contributed by atoms with Crippen molar-refractivity contribution in [1.82, 2.24) is 0 Å². The first kappa shape index (κ1) is 24.1. The quantitative estimate of drug-likeness (QED) is 0.382. The Balaban J connectivity index is 2.60. The number of unbranched alkanes of at least 4 members (excludes halogenated alkanes) is 2. The molecule has 0 aromatic heterocycles. The number of hydrogen-bond acceptors (Lipinski definition) is 4. The van der Waals surface area contributed by atoms with Gasteiger partial charge in [-0.2, -0.15) is 0 Å². The summed E-state index contributed by atoms with van der Waals surface area (Å²) in [7, 11) is 0. The monoisotopic (exact) mass is 430 g/mol. The molecule has 0 bridgehead atoms. The van der Waals surface area contributed by atoms with E-state index in [1.807, 2.05) is 0 Å². The minimum Gasteiger partial charge on any atom is -0.481 e. The second-order valence-corrected chi connectivity index (χ2v) is 7.26. The summed E-state index contributed by atoms with van der Waals surface area (Å²) >= 11 is 0. The predicted molar refractivity (Wildman–Crippen MR) is 112 cm³/mol. The summed E-state index contributed by atoms with van der Waals surface area (Å²) in [5, 5.41) is 19.3. The highest BCUT2D eigenvalue weighted by molar-refractivity contribution is 5.93. The zero-order valence-corrected chi connectivity index (χ0v) is 17.4. The van der Waals surface area contributed by atoms with Crippen LogP contribution in [0.3, 0.4) is 0 Å². The van der Waals surface area contributed by atoms with Crippen molar-refractivity contribution in [3.63, 3.8) is 0 Å². The Kier molecular flexibility index (Phi) is 8.73. The molecule has 2 unspecified atom stereocenters. The maximum atomic E-state index is 15.0. The lowest BCUT2D eigenvalue weighted by atomic mass is 9.64. The van der Waals surface area contributed by atoms with Gasteiger partial charge in [0, 0.05) is 12.0 Å². The van der Waals surface area contributed by atoms with Crippen LogP contribution < -0.4 is 0 Å². The standard InChI is InChI=1S/C24H27FO6/c1-2-31-22(28)19(14-7-4-8-16-21(26)27)24(23(29)30,17-11-5-3-6-12-17)18-13-9-10-15-20(18)25/h3,5-6,9-13,15,19H,2,4,7-8,14,16H2,1H3,(H,26,27)(H,29,30). The topological polar surface area (TPSA) is 101 Å². The Morgan fingerprint density at radius 2 is 1.61 bits per heavy atom. The van der Waals surface area contributed by atoms with Crippen molar-refractivity contribution in [3.05, 3.63) is 71.5 Å². The molecule has 0 amide bonds. The van der Waals surface area contributed by atoms with Crippen LogP contribution in [0.4, 0.5) is 4.39 Å². The molecule has 0 heterocycles. The van der Waals surface area contributed by atoms with E-state index in [1.165, 1.54) is 24.3 Å². The van der Waals surface area contributed by atoms with Gasteiger partial charge in [-0.1, -0.05) is 61.4 Å². The highest BCUT2D eigenvalue weighted by atomic mass is 19.1. The summed E-state index contributed by atoms with van der Waals surface area (Å²) in [4.78, 5) is 36.6. The summed E-state index contributed by atoms with van der Waals surface area (Å²) in [6, 6.07) is 13.7. The Morgan fingerprint density at radius 1 is 0.968 bits per heavy atom. The van der Waals surface area contributed by atoms with E-state index in [0.29, 0.717) is 19.3 Å². The third-order valence-corrected chi connectivity index (χ3v) is 5.34. The van der Waals surface area contributed by atoms with Crippen molar-refractivity contribution >= 4 is 17.9 Å². The van der Waals surface area contributed by atoms with Crippen molar-refractivity contribution in [2.45, 2.75) is 44.4 Å². The van der Waals surface area contributed by atoms with Gasteiger partial charge < -0.3 is 14.9 Å². The van der Waals surface area contributed by atoms with Crippen LogP contribution in [0, 0.1) is 11.7 Å². The van der Waals surface area contributed by atoms with Gasteiger partial charge in [-0.25, -0.2) is 4.39 Å². The molecular formula is C24H27FO6. The molecular weight excluding hydrogens is 403 g/mol. The van der Waals surface area contributed by atoms with Gasteiger partial charge >= 0.3 is 17.9 Å². The molecule has 7 heteroatoms. The summed E-state index contributed by atoms with van der Waals surface area (Å²) in [6.45, 7) is 1.67. The maximum Gasteiger partial charge on any atom is 0.319 e. The molecule has 0 fully saturated rings. The smallest absolute Gasteiger partial charge is 0.319 e. The number of aliphatic carboxylic acids is 2. The lowest BCUT2D eigenvalue weighted by Crippen LogP contribution is -2.48. The Hall–Kier alpha value is -3.22. The first-order chi connectivity index (χ1) is 14.9. The van der Waals surface area contributed by atoms with Crippen LogP contribution in [0.1, 0.15) is 50.2 Å². The Bertz CT molecular complexity index is 898. The van der Waals surface area contributed by atoms with E-state index in [2.05, 4.69) is 0 Å². The molecule has 0 spiro atoms. The summed E-state index contributed by atoms with van der Waals surface area (Å²) in [5.74, 6) is -4.93. The van der Waals surface area contributed by atoms with E-state index in [9.17, 15) is 23.9 Å². The summed E-state index contributed by atoms with van der Waals surface area (Å²) in [5.41, 5.74) is -1.83. The van der Waals surface area contributed by atoms with E-state index in [-0.39, 0.29) is 30.6 Å². The van der Waals surface area contributed by atoms with Crippen LogP contribution in [0.2, 0.25) is 0 Å². The van der Waals surface area contributed by atoms with Crippen LogP contribution in [0.25, 0.3) is 0 Å². The highest BCUT2D eigenvalue weighted by Gasteiger charge is 2.53. The number of ether oxygens (including phenoxy) is 1. The molecule has 0 aliphatic rings. The number of carbonyl (C=O) groups excluding carboxylic acids is 1. The molecule has 2 N–H and O–H groups in total. The second-order valence-electron chi connectivity index (χ2n) is 7.26. The van der Waals surface area contributed by atoms with Crippen molar-refractivity contribution in [1.29, 1.82) is 0 Å². The molecule has 0 saturated carbocycles. The molecule has 166 valence electrons. The molecule has 0 aliphatic heterocycles. The van der Waals surface area contributed by atoms with E-state index in [1.54, 1.807) is 37.3 Å². The van der Waals surface area contributed by atoms with Gasteiger partial charge in [-0.15, -0.1) is 0 Å². The fraction of sp³-hybridized carbons (Fsp3) is 0.375. The van der Waals surface area contributed by atoms with Gasteiger partial charge in [0.05, 0.1) is 12.5 Å². The molecule has 6 nitrogen and oxygen atoms in total. The summed E-state index contributed by atoms with van der Waals surface area (Å²) in [6.07, 6.45) is 1.38. The van der Waals surface area contributed by atoms with Crippen LogP contribution in [0.15, 0.2) is 54.6 Å². The zero-order valence-electron chi connectivity index (χ0n) is 17.4. The van der Waals surface area contributed by atoms with Gasteiger partial charge in [-0.3, -0.25) is 14.4 Å². The zero-order chi connectivity index (χ0) is 22.9. The van der Waals surface area contributed by atoms with Crippen molar-refractivity contribution in [3.8, 4) is 0 Å². The van der Waals surface area contributed by atoms with E-state index >= 15 is 0 Å². The number of carboxylic acid groups (broad SMARTS) is 2. The van der Waals surface area contributed by atoms with Crippen LogP contribution in [0.5, 0.6) is 0 Å². The minimum absolute atomic E-state index is 0.0137. The lowest BCUT2D eigenvalue weighted by Gasteiger charge is -2.37. The second kappa shape index (κ2) is 11.2. The average molecular weight is 430 g/mol. The fourth-order valence-electron chi connectivity index (χ4n) is 3.97. The van der Waals surface area contributed by atoms with Gasteiger partial charge in [0.25, 0.3) is 0 Å². The molecule has 2 aromatic rings. The first-order valence-electron chi connectivity index (χ1n) is 10.3. The maximum absolute atomic E-state index is 15.0. The van der Waals surface area contributed by atoms with E-state index < -0.39 is 35.1 Å². The molecule has 31 heavy (non-hydrogen) atoms. The molecule has 2 rings (SSSR count). The molecule has 2 atom stereocenters. The highest BCUT2D eigenvalue weighted by Crippen LogP contribution is 2.44. The van der Waals surface area contributed by atoms with E-state index in [4.69, 9.17) is 9.84 Å². The number of carboxylic acids is 2. The van der Waals surface area contributed by atoms with Crippen LogP contribution >= 0.6 is 0 Å². The average Bonchev–Trinajstić information content (AvgIpc) is 2.74. The normalized spacial score (nSPS) is 13.7. The fourth-order valence-corrected chi connectivity index (χ4v) is 3.97. The predicted octanol–water partition coefficient (Wildman–Crippen LogP) is 4.41. The molecule has 2 aromatic carbocycles. The number of halogens is 1. The van der Waals surface area contributed by atoms with Gasteiger partial charge in [0.2, 0.25) is 0 Å². The molecule has 0 aliphatic carbocycles. The van der Waals surface area contributed by atoms with Crippen LogP contribution in [-0.4, -0.2) is 34.7 Å². The number of esters is 1. The molecule has 0 radical (unpaired) electrons. The van der Waals surface area contributed by atoms with Gasteiger partial charge in [-0.05, 0) is 31.4 Å².